The van der Waals surface area contributed by atoms with E-state index in [1.54, 1.807) is 13.3 Å². The van der Waals surface area contributed by atoms with Crippen molar-refractivity contribution in [1.82, 2.24) is 4.98 Å². The molecule has 2 aromatic rings. The number of carbonyl (C=O) groups excluding carboxylic acids is 1. The topological polar surface area (TPSA) is 66.5 Å². The Bertz CT molecular complexity index is 820. The Morgan fingerprint density at radius 1 is 1.28 bits per heavy atom. The number of hydrogen-bond acceptors (Lipinski definition) is 5. The Morgan fingerprint density at radius 2 is 2.04 bits per heavy atom. The quantitative estimate of drug-likeness (QED) is 0.897. The van der Waals surface area contributed by atoms with E-state index in [9.17, 15) is 4.79 Å². The molecule has 2 aliphatic rings. The molecule has 25 heavy (non-hydrogen) atoms. The fourth-order valence-corrected chi connectivity index (χ4v) is 3.58. The summed E-state index contributed by atoms with van der Waals surface area (Å²) in [6.07, 6.45) is 3.60. The van der Waals surface area contributed by atoms with Gasteiger partial charge in [0.2, 0.25) is 5.91 Å². The molecule has 0 spiro atoms. The summed E-state index contributed by atoms with van der Waals surface area (Å²) in [5.41, 5.74) is 4.57. The molecule has 1 aromatic carbocycles. The van der Waals surface area contributed by atoms with Gasteiger partial charge in [-0.2, -0.15) is 0 Å². The first-order chi connectivity index (χ1) is 12.0. The van der Waals surface area contributed by atoms with E-state index in [0.717, 1.165) is 28.2 Å². The third-order valence-corrected chi connectivity index (χ3v) is 5.02. The van der Waals surface area contributed by atoms with Gasteiger partial charge >= 0.3 is 0 Å². The lowest BCUT2D eigenvalue weighted by atomic mass is 9.86. The molecule has 130 valence electrons. The lowest BCUT2D eigenvalue weighted by Crippen LogP contribution is -2.38. The number of methoxy groups -OCH3 is 1. The van der Waals surface area contributed by atoms with Crippen LogP contribution in [-0.2, 0) is 14.9 Å². The van der Waals surface area contributed by atoms with Gasteiger partial charge in [0.25, 0.3) is 0 Å². The third-order valence-electron chi connectivity index (χ3n) is 5.02. The fraction of sp³-hybridized carbons (Fsp3) is 0.368. The molecule has 0 fully saturated rings. The van der Waals surface area contributed by atoms with E-state index in [1.165, 1.54) is 0 Å². The van der Waals surface area contributed by atoms with Crippen LogP contribution in [0, 0.1) is 0 Å². The largest absolute Gasteiger partial charge is 0.383 e. The van der Waals surface area contributed by atoms with Gasteiger partial charge in [0, 0.05) is 31.6 Å². The van der Waals surface area contributed by atoms with E-state index >= 15 is 0 Å². The highest BCUT2D eigenvalue weighted by atomic mass is 16.5. The number of hydrogen-bond donors (Lipinski definition) is 2. The highest BCUT2D eigenvalue weighted by Gasteiger charge is 2.44. The Labute approximate surface area is 147 Å². The monoisotopic (exact) mass is 338 g/mol. The molecule has 6 nitrogen and oxygen atoms in total. The maximum absolute atomic E-state index is 12.8. The van der Waals surface area contributed by atoms with E-state index in [4.69, 9.17) is 4.74 Å². The second-order valence-electron chi connectivity index (χ2n) is 7.00. The van der Waals surface area contributed by atoms with E-state index in [0.29, 0.717) is 13.2 Å². The van der Waals surface area contributed by atoms with E-state index in [-0.39, 0.29) is 12.1 Å². The molecule has 1 aromatic heterocycles. The van der Waals surface area contributed by atoms with Crippen molar-refractivity contribution < 1.29 is 9.53 Å². The molecule has 2 N–H and O–H groups in total. The number of ether oxygens (including phenoxy) is 1. The van der Waals surface area contributed by atoms with Crippen LogP contribution in [0.2, 0.25) is 0 Å². The van der Waals surface area contributed by atoms with Crippen LogP contribution in [0.5, 0.6) is 0 Å². The summed E-state index contributed by atoms with van der Waals surface area (Å²) in [5, 5.41) is 6.96. The number of nitrogens with zero attached hydrogens (tertiary/aromatic N) is 2. The Hall–Kier alpha value is -2.60. The fourth-order valence-electron chi connectivity index (χ4n) is 3.58. The number of aromatic nitrogens is 1. The maximum atomic E-state index is 12.8. The summed E-state index contributed by atoms with van der Waals surface area (Å²) in [7, 11) is 1.65. The molecule has 0 saturated carbocycles. The number of fused-ring (bicyclic) bond motifs is 2. The molecule has 0 bridgehead atoms. The van der Waals surface area contributed by atoms with Gasteiger partial charge in [-0.3, -0.25) is 9.78 Å². The number of amides is 1. The summed E-state index contributed by atoms with van der Waals surface area (Å²) < 4.78 is 5.17. The molecular formula is C19H22N4O2. The highest BCUT2D eigenvalue weighted by molar-refractivity contribution is 6.09. The summed E-state index contributed by atoms with van der Waals surface area (Å²) in [6, 6.07) is 8.13. The van der Waals surface area contributed by atoms with Gasteiger partial charge in [-0.25, -0.2) is 0 Å². The van der Waals surface area contributed by atoms with Crippen LogP contribution in [-0.4, -0.2) is 31.2 Å². The molecule has 1 atom stereocenters. The van der Waals surface area contributed by atoms with E-state index in [1.807, 2.05) is 37.1 Å². The van der Waals surface area contributed by atoms with Crippen LogP contribution in [0.4, 0.5) is 17.1 Å². The summed E-state index contributed by atoms with van der Waals surface area (Å²) >= 11 is 0. The van der Waals surface area contributed by atoms with E-state index < -0.39 is 5.41 Å². The zero-order valence-electron chi connectivity index (χ0n) is 14.7. The Balaban J connectivity index is 1.70. The van der Waals surface area contributed by atoms with Crippen molar-refractivity contribution in [3.8, 4) is 0 Å². The van der Waals surface area contributed by atoms with Gasteiger partial charge in [-0.15, -0.1) is 0 Å². The minimum absolute atomic E-state index is 0.0162. The van der Waals surface area contributed by atoms with Gasteiger partial charge < -0.3 is 20.3 Å². The number of benzene rings is 1. The number of pyridine rings is 1. The zero-order chi connectivity index (χ0) is 17.6. The molecule has 3 heterocycles. The second-order valence-corrected chi connectivity index (χ2v) is 7.00. The van der Waals surface area contributed by atoms with Crippen molar-refractivity contribution in [3.63, 3.8) is 0 Å². The number of nitrogens with one attached hydrogen (secondary N) is 2. The smallest absolute Gasteiger partial charge is 0.237 e. The first-order valence-electron chi connectivity index (χ1n) is 8.45. The van der Waals surface area contributed by atoms with Crippen molar-refractivity contribution in [2.75, 3.05) is 35.8 Å². The lowest BCUT2D eigenvalue weighted by Gasteiger charge is -2.20. The van der Waals surface area contributed by atoms with Crippen LogP contribution >= 0.6 is 0 Å². The van der Waals surface area contributed by atoms with Gasteiger partial charge in [0.05, 0.1) is 29.1 Å². The van der Waals surface area contributed by atoms with Gasteiger partial charge in [0.15, 0.2) is 0 Å². The minimum atomic E-state index is -0.536. The number of anilines is 3. The minimum Gasteiger partial charge on any atom is -0.383 e. The molecule has 0 saturated heterocycles. The van der Waals surface area contributed by atoms with Crippen LogP contribution in [0.25, 0.3) is 0 Å². The first-order valence-corrected chi connectivity index (χ1v) is 8.45. The summed E-state index contributed by atoms with van der Waals surface area (Å²) in [5.74, 6) is 0.118. The van der Waals surface area contributed by atoms with Gasteiger partial charge in [-0.1, -0.05) is 6.07 Å². The number of carbonyl (C=O) groups is 1. The van der Waals surface area contributed by atoms with Crippen LogP contribution < -0.4 is 15.5 Å². The molecule has 2 aliphatic heterocycles. The molecule has 0 aliphatic carbocycles. The highest BCUT2D eigenvalue weighted by Crippen LogP contribution is 2.48. The first kappa shape index (κ1) is 15.9. The molecule has 6 heteroatoms. The SMILES string of the molecule is COCCN1C(=O)C(C)(C)c2cc3c(cc21)NC(c1cccnc1)N3. The zero-order valence-corrected chi connectivity index (χ0v) is 14.7. The average molecular weight is 338 g/mol. The lowest BCUT2D eigenvalue weighted by molar-refractivity contribution is -0.122. The van der Waals surface area contributed by atoms with Crippen molar-refractivity contribution in [2.24, 2.45) is 0 Å². The van der Waals surface area contributed by atoms with Crippen LogP contribution in [0.3, 0.4) is 0 Å². The standard InChI is InChI=1S/C19H22N4O2/c1-19(2)13-9-14-15(10-16(13)23(18(19)24)7-8-25-3)22-17(21-14)12-5-4-6-20-11-12/h4-6,9-11,17,21-22H,7-8H2,1-3H3. The predicted octanol–water partition coefficient (Wildman–Crippen LogP) is 2.89. The molecule has 1 unspecified atom stereocenters. The average Bonchev–Trinajstić information content (AvgIpc) is 3.11. The van der Waals surface area contributed by atoms with Crippen molar-refractivity contribution in [1.29, 1.82) is 0 Å². The van der Waals surface area contributed by atoms with Crippen LogP contribution in [0.1, 0.15) is 31.1 Å². The normalized spacial score (nSPS) is 20.0. The van der Waals surface area contributed by atoms with Crippen molar-refractivity contribution in [2.45, 2.75) is 25.4 Å². The third kappa shape index (κ3) is 2.44. The Morgan fingerprint density at radius 3 is 2.72 bits per heavy atom. The van der Waals surface area contributed by atoms with Crippen LogP contribution in [0.15, 0.2) is 36.7 Å². The summed E-state index contributed by atoms with van der Waals surface area (Å²) in [6.45, 7) is 5.04. The molecule has 4 rings (SSSR count). The van der Waals surface area contributed by atoms with Crippen molar-refractivity contribution >= 4 is 23.0 Å². The second kappa shape index (κ2) is 5.74. The molecule has 0 radical (unpaired) electrons. The van der Waals surface area contributed by atoms with E-state index in [2.05, 4.69) is 27.8 Å². The molecular weight excluding hydrogens is 316 g/mol. The van der Waals surface area contributed by atoms with Gasteiger partial charge in [-0.05, 0) is 37.6 Å². The number of rotatable bonds is 4. The van der Waals surface area contributed by atoms with Crippen molar-refractivity contribution in [3.05, 3.63) is 47.8 Å². The molecule has 1 amide bonds. The Kier molecular flexibility index (Phi) is 3.65. The van der Waals surface area contributed by atoms with Gasteiger partial charge in [0.1, 0.15) is 6.17 Å². The predicted molar refractivity (Wildman–Crippen MR) is 97.9 cm³/mol. The maximum Gasteiger partial charge on any atom is 0.237 e. The summed E-state index contributed by atoms with van der Waals surface area (Å²) in [4.78, 5) is 18.8.